The fourth-order valence-electron chi connectivity index (χ4n) is 5.05. The topological polar surface area (TPSA) is 35.8 Å². The molecule has 0 bridgehead atoms. The van der Waals surface area contributed by atoms with Gasteiger partial charge in [0.15, 0.2) is 0 Å². The van der Waals surface area contributed by atoms with Crippen molar-refractivity contribution in [1.82, 2.24) is 9.38 Å². The summed E-state index contributed by atoms with van der Waals surface area (Å²) in [6.45, 7) is 8.01. The molecule has 0 saturated carbocycles. The van der Waals surface area contributed by atoms with Crippen molar-refractivity contribution in [3.8, 4) is 0 Å². The van der Waals surface area contributed by atoms with Gasteiger partial charge in [-0.2, -0.15) is 0 Å². The van der Waals surface area contributed by atoms with Gasteiger partial charge in [-0.15, -0.1) is 0 Å². The quantitative estimate of drug-likeness (QED) is 0.239. The van der Waals surface area contributed by atoms with Crippen LogP contribution in [0.1, 0.15) is 13.8 Å². The van der Waals surface area contributed by atoms with Gasteiger partial charge < -0.3 is 9.31 Å². The molecule has 0 radical (unpaired) electrons. The second-order valence-corrected chi connectivity index (χ2v) is 9.25. The maximum atomic E-state index is 6.18. The monoisotopic (exact) mass is 428 g/mol. The number of para-hydroxylation sites is 2. The van der Waals surface area contributed by atoms with Crippen LogP contribution in [0.25, 0.3) is 49.1 Å². The molecule has 7 rings (SSSR count). The molecule has 0 atom stereocenters. The number of benzene rings is 4. The minimum absolute atomic E-state index is 0.470. The van der Waals surface area contributed by atoms with E-state index in [-0.39, 0.29) is 0 Å². The van der Waals surface area contributed by atoms with E-state index < -0.39 is 12.7 Å². The van der Waals surface area contributed by atoms with Gasteiger partial charge in [0.1, 0.15) is 11.2 Å². The van der Waals surface area contributed by atoms with Crippen molar-refractivity contribution in [3.63, 3.8) is 0 Å². The molecular weight excluding hydrogens is 407 g/mol. The van der Waals surface area contributed by atoms with E-state index >= 15 is 0 Å². The zero-order chi connectivity index (χ0) is 22.3. The number of pyridine rings is 1. The zero-order valence-corrected chi connectivity index (χ0v) is 18.5. The fourth-order valence-corrected chi connectivity index (χ4v) is 5.05. The summed E-state index contributed by atoms with van der Waals surface area (Å²) >= 11 is 0. The van der Waals surface area contributed by atoms with Crippen LogP contribution >= 0.6 is 0 Å². The molecule has 6 aromatic rings. The summed E-state index contributed by atoms with van der Waals surface area (Å²) in [5, 5.41) is 5.88. The van der Waals surface area contributed by atoms with Crippen LogP contribution in [-0.4, -0.2) is 22.1 Å². The Balaban J connectivity index is 1.65. The number of nitrogens with zero attached hydrogens (tertiary/aromatic N) is 2. The third-order valence-electron chi connectivity index (χ3n) is 6.86. The van der Waals surface area contributed by atoms with E-state index in [1.807, 2.05) is 19.9 Å². The summed E-state index contributed by atoms with van der Waals surface area (Å²) in [4.78, 5) is 5.07. The highest BCUT2D eigenvalue weighted by Crippen LogP contribution is 2.37. The molecule has 1 saturated heterocycles. The Labute approximate surface area is 191 Å². The molecule has 5 heteroatoms. The predicted molar refractivity (Wildman–Crippen MR) is 136 cm³/mol. The minimum atomic E-state index is -0.512. The van der Waals surface area contributed by atoms with Crippen LogP contribution < -0.4 is 5.46 Å². The van der Waals surface area contributed by atoms with Gasteiger partial charge in [0, 0.05) is 10.8 Å². The van der Waals surface area contributed by atoms with Gasteiger partial charge in [-0.1, -0.05) is 67.2 Å². The van der Waals surface area contributed by atoms with Crippen molar-refractivity contribution in [2.45, 2.75) is 19.4 Å². The molecule has 1 aliphatic heterocycles. The molecule has 0 unspecified atom stereocenters. The Morgan fingerprint density at radius 3 is 2.52 bits per heavy atom. The van der Waals surface area contributed by atoms with Gasteiger partial charge in [0.25, 0.3) is 0 Å². The van der Waals surface area contributed by atoms with Crippen LogP contribution in [0.2, 0.25) is 0 Å². The summed E-state index contributed by atoms with van der Waals surface area (Å²) in [6, 6.07) is 27.7. The lowest BCUT2D eigenvalue weighted by Crippen LogP contribution is -2.34. The molecule has 3 heterocycles. The normalized spacial score (nSPS) is 15.9. The minimum Gasteiger partial charge on any atom is -0.534 e. The molecule has 2 aromatic heterocycles. The van der Waals surface area contributed by atoms with Crippen molar-refractivity contribution in [1.29, 1.82) is 0 Å². The number of rotatable bonds is 1. The maximum Gasteiger partial charge on any atom is 0.563 e. The summed E-state index contributed by atoms with van der Waals surface area (Å²) in [5.41, 5.74) is 4.65. The molecule has 0 amide bonds. The highest BCUT2D eigenvalue weighted by atomic mass is 16.7. The first-order valence-corrected chi connectivity index (χ1v) is 11.2. The average molecular weight is 428 g/mol. The predicted octanol–water partition coefficient (Wildman–Crippen LogP) is 5.98. The molecule has 0 aliphatic carbocycles. The summed E-state index contributed by atoms with van der Waals surface area (Å²) in [6.07, 6.45) is 0. The molecule has 4 aromatic carbocycles. The summed E-state index contributed by atoms with van der Waals surface area (Å²) < 4.78 is 14.5. The zero-order valence-electron chi connectivity index (χ0n) is 18.5. The highest BCUT2D eigenvalue weighted by molar-refractivity contribution is 6.62. The first kappa shape index (κ1) is 18.7. The number of imidazole rings is 1. The lowest BCUT2D eigenvalue weighted by atomic mass is 9.78. The Bertz CT molecular complexity index is 1780. The van der Waals surface area contributed by atoms with Crippen LogP contribution in [0.5, 0.6) is 0 Å². The molecular formula is C28H21BN2O2. The molecule has 1 fully saturated rings. The largest absolute Gasteiger partial charge is 0.563 e. The second kappa shape index (κ2) is 6.36. The summed E-state index contributed by atoms with van der Waals surface area (Å²) in [5.74, 6) is 0.652. The van der Waals surface area contributed by atoms with E-state index in [2.05, 4.69) is 83.8 Å². The van der Waals surface area contributed by atoms with E-state index in [4.69, 9.17) is 14.3 Å². The van der Waals surface area contributed by atoms with Crippen LogP contribution in [0.4, 0.5) is 0 Å². The number of aromatic nitrogens is 2. The van der Waals surface area contributed by atoms with Crippen LogP contribution in [0, 0.1) is 0 Å². The van der Waals surface area contributed by atoms with Crippen LogP contribution in [-0.2, 0) is 9.31 Å². The third kappa shape index (κ3) is 2.54. The molecule has 0 N–H and O–H groups in total. The first-order chi connectivity index (χ1) is 16.0. The SMILES string of the molecule is C=C1OB(c2ccc3c(c2)c2ccc4ccccc4c2c2nc4ccccc4n32)OC1(C)C. The van der Waals surface area contributed by atoms with E-state index in [0.717, 1.165) is 38.4 Å². The van der Waals surface area contributed by atoms with Crippen molar-refractivity contribution >= 4 is 61.7 Å². The van der Waals surface area contributed by atoms with Gasteiger partial charge in [0.05, 0.1) is 22.3 Å². The van der Waals surface area contributed by atoms with E-state index in [1.54, 1.807) is 0 Å². The van der Waals surface area contributed by atoms with E-state index in [9.17, 15) is 0 Å². The Morgan fingerprint density at radius 2 is 1.67 bits per heavy atom. The van der Waals surface area contributed by atoms with Crippen LogP contribution in [0.15, 0.2) is 91.2 Å². The van der Waals surface area contributed by atoms with Gasteiger partial charge in [-0.05, 0) is 53.7 Å². The van der Waals surface area contributed by atoms with Crippen molar-refractivity contribution in [3.05, 3.63) is 91.2 Å². The third-order valence-corrected chi connectivity index (χ3v) is 6.86. The smallest absolute Gasteiger partial charge is 0.534 e. The fraction of sp³-hybridized carbons (Fsp3) is 0.107. The number of hydrogen-bond donors (Lipinski definition) is 0. The first-order valence-electron chi connectivity index (χ1n) is 11.2. The summed E-state index contributed by atoms with van der Waals surface area (Å²) in [7, 11) is -0.470. The second-order valence-electron chi connectivity index (χ2n) is 9.25. The van der Waals surface area contributed by atoms with Gasteiger partial charge in [0.2, 0.25) is 0 Å². The van der Waals surface area contributed by atoms with E-state index in [0.29, 0.717) is 5.76 Å². The van der Waals surface area contributed by atoms with Crippen molar-refractivity contribution in [2.24, 2.45) is 0 Å². The highest BCUT2D eigenvalue weighted by Gasteiger charge is 2.42. The molecule has 4 nitrogen and oxygen atoms in total. The van der Waals surface area contributed by atoms with Gasteiger partial charge in [-0.3, -0.25) is 4.40 Å². The molecule has 158 valence electrons. The Morgan fingerprint density at radius 1 is 0.848 bits per heavy atom. The Kier molecular flexibility index (Phi) is 3.61. The standard InChI is InChI=1S/C28H21BN2O2/c1-17-28(2,3)33-29(32-17)19-13-15-24-22(16-19)21-14-12-18-8-4-5-9-20(18)26(21)27-30-23-10-6-7-11-25(23)31(24)27/h4-16H,1H2,2-3H3. The lowest BCUT2D eigenvalue weighted by Gasteiger charge is -2.16. The van der Waals surface area contributed by atoms with Crippen molar-refractivity contribution < 1.29 is 9.31 Å². The lowest BCUT2D eigenvalue weighted by molar-refractivity contribution is 0.173. The molecule has 1 aliphatic rings. The average Bonchev–Trinajstić information content (AvgIpc) is 3.35. The van der Waals surface area contributed by atoms with E-state index in [1.165, 1.54) is 16.2 Å². The van der Waals surface area contributed by atoms with Gasteiger partial charge >= 0.3 is 7.12 Å². The maximum absolute atomic E-state index is 6.18. The number of hydrogen-bond acceptors (Lipinski definition) is 3. The van der Waals surface area contributed by atoms with Crippen molar-refractivity contribution in [2.75, 3.05) is 0 Å². The van der Waals surface area contributed by atoms with Gasteiger partial charge in [-0.25, -0.2) is 4.98 Å². The molecule has 0 spiro atoms. The molecule has 33 heavy (non-hydrogen) atoms. The van der Waals surface area contributed by atoms with Crippen LogP contribution in [0.3, 0.4) is 0 Å². The number of fused-ring (bicyclic) bond motifs is 10. The Hall–Kier alpha value is -3.83.